The highest BCUT2D eigenvalue weighted by Crippen LogP contribution is 2.25. The summed E-state index contributed by atoms with van der Waals surface area (Å²) in [4.78, 5) is 33.5. The summed E-state index contributed by atoms with van der Waals surface area (Å²) in [5, 5.41) is 13.8. The minimum absolute atomic E-state index is 0.0381. The predicted molar refractivity (Wildman–Crippen MR) is 93.4 cm³/mol. The third-order valence-corrected chi connectivity index (χ3v) is 4.32. The average molecular weight is 341 g/mol. The number of nitro groups is 1. The molecule has 1 N–H and O–H groups in total. The van der Waals surface area contributed by atoms with Gasteiger partial charge in [0.25, 0.3) is 5.69 Å². The Morgan fingerprint density at radius 3 is 2.84 bits per heavy atom. The smallest absolute Gasteiger partial charge is 0.271 e. The molecule has 1 unspecified atom stereocenters. The van der Waals surface area contributed by atoms with Gasteiger partial charge >= 0.3 is 0 Å². The molecule has 0 spiro atoms. The van der Waals surface area contributed by atoms with Crippen LogP contribution in [0.3, 0.4) is 0 Å². The summed E-state index contributed by atoms with van der Waals surface area (Å²) >= 11 is 0. The summed E-state index contributed by atoms with van der Waals surface area (Å²) in [7, 11) is 0. The standard InChI is InChI=1S/C17H19N5O3/c1-12-5-6-14(22(24)25)10-15(12)20-16(23)13-4-2-9-21(11-13)17-18-7-3-8-19-17/h3,5-8,10,13H,2,4,9,11H2,1H3,(H,20,23). The minimum atomic E-state index is -0.468. The lowest BCUT2D eigenvalue weighted by molar-refractivity contribution is -0.384. The number of hydrogen-bond donors (Lipinski definition) is 1. The van der Waals surface area contributed by atoms with Crippen LogP contribution in [-0.2, 0) is 4.79 Å². The Labute approximate surface area is 145 Å². The van der Waals surface area contributed by atoms with E-state index in [4.69, 9.17) is 0 Å². The maximum absolute atomic E-state index is 12.6. The van der Waals surface area contributed by atoms with Gasteiger partial charge in [0.1, 0.15) is 0 Å². The highest BCUT2D eigenvalue weighted by molar-refractivity contribution is 5.94. The zero-order chi connectivity index (χ0) is 17.8. The number of nitro benzene ring substituents is 1. The Bertz CT molecular complexity index is 781. The molecule has 0 bridgehead atoms. The number of benzene rings is 1. The second kappa shape index (κ2) is 7.25. The molecule has 1 fully saturated rings. The van der Waals surface area contributed by atoms with Crippen molar-refractivity contribution in [3.05, 3.63) is 52.3 Å². The molecule has 8 heteroatoms. The Morgan fingerprint density at radius 1 is 1.36 bits per heavy atom. The quantitative estimate of drug-likeness (QED) is 0.677. The van der Waals surface area contributed by atoms with Crippen LogP contribution in [0, 0.1) is 23.0 Å². The molecule has 8 nitrogen and oxygen atoms in total. The van der Waals surface area contributed by atoms with E-state index in [2.05, 4.69) is 15.3 Å². The van der Waals surface area contributed by atoms with Crippen molar-refractivity contribution in [2.75, 3.05) is 23.3 Å². The van der Waals surface area contributed by atoms with Gasteiger partial charge in [0.05, 0.1) is 16.5 Å². The van der Waals surface area contributed by atoms with Gasteiger partial charge in [0.15, 0.2) is 0 Å². The molecule has 1 aromatic carbocycles. The molecule has 0 aliphatic carbocycles. The first-order chi connectivity index (χ1) is 12.0. The molecule has 1 aromatic heterocycles. The number of hydrogen-bond acceptors (Lipinski definition) is 6. The summed E-state index contributed by atoms with van der Waals surface area (Å²) in [5.41, 5.74) is 1.23. The van der Waals surface area contributed by atoms with Crippen molar-refractivity contribution in [3.8, 4) is 0 Å². The van der Waals surface area contributed by atoms with E-state index in [9.17, 15) is 14.9 Å². The number of aromatic nitrogens is 2. The van der Waals surface area contributed by atoms with Gasteiger partial charge in [-0.25, -0.2) is 9.97 Å². The highest BCUT2D eigenvalue weighted by atomic mass is 16.6. The number of carbonyl (C=O) groups excluding carboxylic acids is 1. The van der Waals surface area contributed by atoms with Gasteiger partial charge in [0.2, 0.25) is 11.9 Å². The molecule has 1 saturated heterocycles. The average Bonchev–Trinajstić information content (AvgIpc) is 2.64. The van der Waals surface area contributed by atoms with Crippen LogP contribution in [0.1, 0.15) is 18.4 Å². The number of anilines is 2. The van der Waals surface area contributed by atoms with Crippen molar-refractivity contribution in [3.63, 3.8) is 0 Å². The molecule has 1 amide bonds. The topological polar surface area (TPSA) is 101 Å². The SMILES string of the molecule is Cc1ccc([N+](=O)[O-])cc1NC(=O)C1CCCN(c2ncccn2)C1. The normalized spacial score (nSPS) is 17.2. The largest absolute Gasteiger partial charge is 0.340 e. The molecule has 2 heterocycles. The van der Waals surface area contributed by atoms with Crippen molar-refractivity contribution in [2.45, 2.75) is 19.8 Å². The number of carbonyl (C=O) groups is 1. The van der Waals surface area contributed by atoms with Crippen LogP contribution < -0.4 is 10.2 Å². The molecular formula is C17H19N5O3. The number of piperidine rings is 1. The third-order valence-electron chi connectivity index (χ3n) is 4.32. The molecule has 130 valence electrons. The van der Waals surface area contributed by atoms with E-state index in [1.54, 1.807) is 24.5 Å². The second-order valence-corrected chi connectivity index (χ2v) is 6.08. The van der Waals surface area contributed by atoms with E-state index in [0.29, 0.717) is 18.2 Å². The van der Waals surface area contributed by atoms with Crippen molar-refractivity contribution in [1.29, 1.82) is 0 Å². The summed E-state index contributed by atoms with van der Waals surface area (Å²) in [6.07, 6.45) is 4.99. The van der Waals surface area contributed by atoms with E-state index in [-0.39, 0.29) is 17.5 Å². The lowest BCUT2D eigenvalue weighted by Crippen LogP contribution is -2.41. The van der Waals surface area contributed by atoms with Crippen LogP contribution in [-0.4, -0.2) is 33.9 Å². The van der Waals surface area contributed by atoms with Gasteiger partial charge in [-0.1, -0.05) is 6.07 Å². The van der Waals surface area contributed by atoms with E-state index in [1.807, 2.05) is 11.8 Å². The van der Waals surface area contributed by atoms with E-state index < -0.39 is 4.92 Å². The first-order valence-electron chi connectivity index (χ1n) is 8.12. The summed E-state index contributed by atoms with van der Waals surface area (Å²) in [5.74, 6) is 0.270. The Morgan fingerprint density at radius 2 is 2.12 bits per heavy atom. The van der Waals surface area contributed by atoms with Crippen LogP contribution in [0.25, 0.3) is 0 Å². The van der Waals surface area contributed by atoms with Crippen LogP contribution >= 0.6 is 0 Å². The maximum Gasteiger partial charge on any atom is 0.271 e. The van der Waals surface area contributed by atoms with E-state index >= 15 is 0 Å². The lowest BCUT2D eigenvalue weighted by Gasteiger charge is -2.32. The van der Waals surface area contributed by atoms with Crippen molar-refractivity contribution >= 4 is 23.2 Å². The summed E-state index contributed by atoms with van der Waals surface area (Å²) < 4.78 is 0. The lowest BCUT2D eigenvalue weighted by atomic mass is 9.97. The van der Waals surface area contributed by atoms with E-state index in [1.165, 1.54) is 12.1 Å². The zero-order valence-corrected chi connectivity index (χ0v) is 13.9. The molecule has 0 radical (unpaired) electrons. The fraction of sp³-hybridized carbons (Fsp3) is 0.353. The highest BCUT2D eigenvalue weighted by Gasteiger charge is 2.27. The van der Waals surface area contributed by atoms with Crippen LogP contribution in [0.2, 0.25) is 0 Å². The Balaban J connectivity index is 1.71. The minimum Gasteiger partial charge on any atom is -0.340 e. The second-order valence-electron chi connectivity index (χ2n) is 6.08. The van der Waals surface area contributed by atoms with Gasteiger partial charge < -0.3 is 10.2 Å². The molecule has 1 aliphatic heterocycles. The number of non-ortho nitro benzene ring substituents is 1. The first-order valence-corrected chi connectivity index (χ1v) is 8.12. The fourth-order valence-electron chi connectivity index (χ4n) is 2.92. The number of nitrogens with zero attached hydrogens (tertiary/aromatic N) is 4. The van der Waals surface area contributed by atoms with Crippen LogP contribution in [0.15, 0.2) is 36.7 Å². The monoisotopic (exact) mass is 341 g/mol. The van der Waals surface area contributed by atoms with Gasteiger partial charge in [-0.15, -0.1) is 0 Å². The number of aryl methyl sites for hydroxylation is 1. The summed E-state index contributed by atoms with van der Waals surface area (Å²) in [6, 6.07) is 6.22. The van der Waals surface area contributed by atoms with Crippen molar-refractivity contribution in [2.24, 2.45) is 5.92 Å². The fourth-order valence-corrected chi connectivity index (χ4v) is 2.92. The van der Waals surface area contributed by atoms with Gasteiger partial charge in [-0.05, 0) is 31.4 Å². The maximum atomic E-state index is 12.6. The number of nitrogens with one attached hydrogen (secondary N) is 1. The first kappa shape index (κ1) is 16.8. The number of amides is 1. The molecule has 1 atom stereocenters. The predicted octanol–water partition coefficient (Wildman–Crippen LogP) is 2.55. The molecule has 25 heavy (non-hydrogen) atoms. The Kier molecular flexibility index (Phi) is 4.87. The molecule has 0 saturated carbocycles. The van der Waals surface area contributed by atoms with Gasteiger partial charge in [-0.3, -0.25) is 14.9 Å². The number of rotatable bonds is 4. The molecule has 3 rings (SSSR count). The zero-order valence-electron chi connectivity index (χ0n) is 13.9. The van der Waals surface area contributed by atoms with Gasteiger partial charge in [0, 0.05) is 37.6 Å². The van der Waals surface area contributed by atoms with Crippen molar-refractivity contribution < 1.29 is 9.72 Å². The van der Waals surface area contributed by atoms with Gasteiger partial charge in [-0.2, -0.15) is 0 Å². The summed E-state index contributed by atoms with van der Waals surface area (Å²) in [6.45, 7) is 3.15. The third kappa shape index (κ3) is 3.90. The van der Waals surface area contributed by atoms with Crippen molar-refractivity contribution in [1.82, 2.24) is 9.97 Å². The molecular weight excluding hydrogens is 322 g/mol. The van der Waals surface area contributed by atoms with E-state index in [0.717, 1.165) is 24.9 Å². The molecule has 2 aromatic rings. The Hall–Kier alpha value is -3.03. The van der Waals surface area contributed by atoms with Crippen LogP contribution in [0.4, 0.5) is 17.3 Å². The molecule has 1 aliphatic rings. The van der Waals surface area contributed by atoms with Crippen LogP contribution in [0.5, 0.6) is 0 Å².